The van der Waals surface area contributed by atoms with E-state index < -0.39 is 11.6 Å². The van der Waals surface area contributed by atoms with Crippen molar-refractivity contribution >= 4 is 34.2 Å². The normalized spacial score (nSPS) is 11.2. The van der Waals surface area contributed by atoms with Crippen LogP contribution in [0, 0.1) is 11.6 Å². The number of aromatic nitrogens is 2. The number of imidazole rings is 1. The van der Waals surface area contributed by atoms with Crippen LogP contribution in [0.2, 0.25) is 5.02 Å². The van der Waals surface area contributed by atoms with Gasteiger partial charge in [0.15, 0.2) is 0 Å². The first-order chi connectivity index (χ1) is 9.61. The third kappa shape index (κ3) is 2.05. The van der Waals surface area contributed by atoms with Gasteiger partial charge in [0, 0.05) is 6.07 Å². The van der Waals surface area contributed by atoms with Crippen LogP contribution < -0.4 is 0 Å². The van der Waals surface area contributed by atoms with Crippen molar-refractivity contribution in [3.05, 3.63) is 58.9 Å². The van der Waals surface area contributed by atoms with Crippen LogP contribution >= 0.6 is 23.2 Å². The van der Waals surface area contributed by atoms with E-state index in [1.54, 1.807) is 6.07 Å². The molecule has 0 aliphatic rings. The smallest absolute Gasteiger partial charge is 0.148 e. The van der Waals surface area contributed by atoms with E-state index in [9.17, 15) is 8.78 Å². The summed E-state index contributed by atoms with van der Waals surface area (Å²) in [5, 5.41) is 0.208. The Labute approximate surface area is 123 Å². The van der Waals surface area contributed by atoms with Crippen molar-refractivity contribution in [2.45, 2.75) is 5.88 Å². The van der Waals surface area contributed by atoms with Gasteiger partial charge < -0.3 is 0 Å². The molecule has 2 nitrogen and oxygen atoms in total. The number of alkyl halides is 1. The Morgan fingerprint density at radius 3 is 2.65 bits per heavy atom. The Hall–Kier alpha value is -1.65. The first-order valence-corrected chi connectivity index (χ1v) is 6.70. The molecule has 0 amide bonds. The summed E-state index contributed by atoms with van der Waals surface area (Å²) in [4.78, 5) is 4.27. The highest BCUT2D eigenvalue weighted by molar-refractivity contribution is 6.32. The van der Waals surface area contributed by atoms with E-state index >= 15 is 0 Å². The van der Waals surface area contributed by atoms with Crippen LogP contribution in [0.4, 0.5) is 8.78 Å². The molecule has 0 saturated heterocycles. The van der Waals surface area contributed by atoms with Crippen LogP contribution in [0.15, 0.2) is 36.4 Å². The van der Waals surface area contributed by atoms with Gasteiger partial charge in [-0.1, -0.05) is 17.7 Å². The van der Waals surface area contributed by atoms with Gasteiger partial charge in [-0.05, 0) is 24.3 Å². The topological polar surface area (TPSA) is 17.8 Å². The second-order valence-corrected chi connectivity index (χ2v) is 4.87. The number of halogens is 4. The number of hydrogen-bond donors (Lipinski definition) is 0. The summed E-state index contributed by atoms with van der Waals surface area (Å²) in [5.74, 6) is -0.500. The Balaban J connectivity index is 2.42. The molecule has 0 fully saturated rings. The maximum Gasteiger partial charge on any atom is 0.148 e. The fourth-order valence-corrected chi connectivity index (χ4v) is 2.57. The summed E-state index contributed by atoms with van der Waals surface area (Å²) < 4.78 is 29.0. The van der Waals surface area contributed by atoms with Crippen LogP contribution in [0.5, 0.6) is 0 Å². The highest BCUT2D eigenvalue weighted by Crippen LogP contribution is 2.30. The predicted molar refractivity (Wildman–Crippen MR) is 75.6 cm³/mol. The van der Waals surface area contributed by atoms with Crippen molar-refractivity contribution in [1.29, 1.82) is 0 Å². The third-order valence-electron chi connectivity index (χ3n) is 2.97. The molecule has 0 aliphatic heterocycles. The first-order valence-electron chi connectivity index (χ1n) is 5.79. The van der Waals surface area contributed by atoms with Crippen LogP contribution in [0.3, 0.4) is 0 Å². The van der Waals surface area contributed by atoms with Crippen molar-refractivity contribution in [1.82, 2.24) is 9.55 Å². The maximum atomic E-state index is 14.1. The summed E-state index contributed by atoms with van der Waals surface area (Å²) >= 11 is 11.9. The van der Waals surface area contributed by atoms with Gasteiger partial charge in [-0.15, -0.1) is 11.6 Å². The lowest BCUT2D eigenvalue weighted by Gasteiger charge is -2.10. The molecule has 0 unspecified atom stereocenters. The van der Waals surface area contributed by atoms with Crippen LogP contribution in [0.1, 0.15) is 5.82 Å². The molecule has 0 N–H and O–H groups in total. The van der Waals surface area contributed by atoms with Crippen molar-refractivity contribution < 1.29 is 8.78 Å². The molecule has 1 aromatic heterocycles. The van der Waals surface area contributed by atoms with Gasteiger partial charge in [0.2, 0.25) is 0 Å². The number of hydrogen-bond acceptors (Lipinski definition) is 1. The molecular weight excluding hydrogens is 305 g/mol. The van der Waals surface area contributed by atoms with Crippen LogP contribution in [-0.2, 0) is 5.88 Å². The Morgan fingerprint density at radius 2 is 1.95 bits per heavy atom. The van der Waals surface area contributed by atoms with Crippen molar-refractivity contribution in [2.24, 2.45) is 0 Å². The summed E-state index contributed by atoms with van der Waals surface area (Å²) in [5.41, 5.74) is 1.08. The predicted octanol–water partition coefficient (Wildman–Crippen LogP) is 4.70. The minimum absolute atomic E-state index is 0.0565. The van der Waals surface area contributed by atoms with E-state index in [1.165, 1.54) is 34.9 Å². The van der Waals surface area contributed by atoms with E-state index in [-0.39, 0.29) is 16.6 Å². The number of nitrogens with zero attached hydrogens (tertiary/aromatic N) is 2. The van der Waals surface area contributed by atoms with E-state index in [0.717, 1.165) is 0 Å². The van der Waals surface area contributed by atoms with Crippen LogP contribution in [0.25, 0.3) is 16.7 Å². The molecule has 0 spiro atoms. The van der Waals surface area contributed by atoms with Crippen LogP contribution in [-0.4, -0.2) is 9.55 Å². The average molecular weight is 313 g/mol. The first kappa shape index (κ1) is 13.3. The lowest BCUT2D eigenvalue weighted by atomic mass is 10.2. The van der Waals surface area contributed by atoms with Gasteiger partial charge in [-0.25, -0.2) is 13.8 Å². The Morgan fingerprint density at radius 1 is 1.15 bits per heavy atom. The molecule has 6 heteroatoms. The molecule has 0 radical (unpaired) electrons. The molecule has 102 valence electrons. The van der Waals surface area contributed by atoms with E-state index in [0.29, 0.717) is 16.9 Å². The largest absolute Gasteiger partial charge is 0.291 e. The lowest BCUT2D eigenvalue weighted by molar-refractivity contribution is 0.616. The summed E-state index contributed by atoms with van der Waals surface area (Å²) in [6.45, 7) is 0. The van der Waals surface area contributed by atoms with E-state index in [4.69, 9.17) is 23.2 Å². The van der Waals surface area contributed by atoms with Gasteiger partial charge in [-0.3, -0.25) is 4.57 Å². The lowest BCUT2D eigenvalue weighted by Crippen LogP contribution is -2.03. The highest BCUT2D eigenvalue weighted by atomic mass is 35.5. The van der Waals surface area contributed by atoms with Crippen molar-refractivity contribution in [3.8, 4) is 5.69 Å². The fraction of sp³-hybridized carbons (Fsp3) is 0.0714. The molecule has 0 saturated carbocycles. The molecule has 3 aromatic rings. The molecule has 0 bridgehead atoms. The minimum Gasteiger partial charge on any atom is -0.291 e. The molecular formula is C14H8Cl2F2N2. The van der Waals surface area contributed by atoms with E-state index in [2.05, 4.69) is 4.98 Å². The minimum atomic E-state index is -0.521. The SMILES string of the molecule is Fc1ccc2nc(CCl)n(-c3c(F)cccc3Cl)c2c1. The molecule has 0 aliphatic carbocycles. The molecule has 0 atom stereocenters. The molecule has 3 rings (SSSR count). The van der Waals surface area contributed by atoms with Gasteiger partial charge in [-0.2, -0.15) is 0 Å². The molecule has 2 aromatic carbocycles. The third-order valence-corrected chi connectivity index (χ3v) is 3.51. The number of fused-ring (bicyclic) bond motifs is 1. The van der Waals surface area contributed by atoms with Crippen molar-refractivity contribution in [3.63, 3.8) is 0 Å². The van der Waals surface area contributed by atoms with Gasteiger partial charge in [0.1, 0.15) is 23.1 Å². The Bertz CT molecular complexity index is 779. The molecule has 1 heterocycles. The number of rotatable bonds is 2. The quantitative estimate of drug-likeness (QED) is 0.627. The fourth-order valence-electron chi connectivity index (χ4n) is 2.14. The Kier molecular flexibility index (Phi) is 3.36. The van der Waals surface area contributed by atoms with Gasteiger partial charge in [0.25, 0.3) is 0 Å². The average Bonchev–Trinajstić information content (AvgIpc) is 2.77. The summed E-state index contributed by atoms with van der Waals surface area (Å²) in [6, 6.07) is 8.43. The zero-order valence-corrected chi connectivity index (χ0v) is 11.6. The standard InChI is InChI=1S/C14H8Cl2F2N2/c15-7-13-19-11-5-4-8(17)6-12(11)20(13)14-9(16)2-1-3-10(14)18/h1-6H,7H2. The van der Waals surface area contributed by atoms with E-state index in [1.807, 2.05) is 0 Å². The maximum absolute atomic E-state index is 14.1. The van der Waals surface area contributed by atoms with Crippen molar-refractivity contribution in [2.75, 3.05) is 0 Å². The zero-order valence-electron chi connectivity index (χ0n) is 10.1. The summed E-state index contributed by atoms with van der Waals surface area (Å²) in [6.07, 6.45) is 0. The second kappa shape index (κ2) is 5.04. The monoisotopic (exact) mass is 312 g/mol. The summed E-state index contributed by atoms with van der Waals surface area (Å²) in [7, 11) is 0. The second-order valence-electron chi connectivity index (χ2n) is 4.20. The van der Waals surface area contributed by atoms with Gasteiger partial charge >= 0.3 is 0 Å². The zero-order chi connectivity index (χ0) is 14.3. The molecule has 20 heavy (non-hydrogen) atoms. The van der Waals surface area contributed by atoms with Gasteiger partial charge in [0.05, 0.1) is 21.9 Å². The highest BCUT2D eigenvalue weighted by Gasteiger charge is 2.17. The number of para-hydroxylation sites is 1. The number of benzene rings is 2.